The highest BCUT2D eigenvalue weighted by molar-refractivity contribution is 7.13. The number of hydrogen-bond acceptors (Lipinski definition) is 4. The molecule has 3 aromatic rings. The molecular formula is C20H19N3OS. The lowest BCUT2D eigenvalue weighted by Crippen LogP contribution is -2.39. The minimum Gasteiger partial charge on any atom is -0.329 e. The van der Waals surface area contributed by atoms with E-state index in [0.717, 1.165) is 42.1 Å². The molecule has 5 heteroatoms. The van der Waals surface area contributed by atoms with Crippen LogP contribution in [0.2, 0.25) is 0 Å². The van der Waals surface area contributed by atoms with E-state index in [1.165, 1.54) is 11.3 Å². The Hall–Kier alpha value is -2.53. The van der Waals surface area contributed by atoms with Gasteiger partial charge in [0.05, 0.1) is 11.7 Å². The molecule has 1 saturated heterocycles. The van der Waals surface area contributed by atoms with Crippen LogP contribution in [0, 0.1) is 0 Å². The highest BCUT2D eigenvalue weighted by Crippen LogP contribution is 2.32. The maximum Gasteiger partial charge on any atom is 0.273 e. The van der Waals surface area contributed by atoms with Crippen molar-refractivity contribution in [2.75, 3.05) is 6.54 Å². The molecule has 2 aromatic heterocycles. The molecule has 1 aromatic carbocycles. The van der Waals surface area contributed by atoms with Crippen LogP contribution in [0.25, 0.3) is 10.6 Å². The second-order valence-corrected chi connectivity index (χ2v) is 7.03. The van der Waals surface area contributed by atoms with Crippen LogP contribution in [-0.2, 0) is 0 Å². The lowest BCUT2D eigenvalue weighted by atomic mass is 9.98. The van der Waals surface area contributed by atoms with E-state index in [1.54, 1.807) is 6.20 Å². The molecule has 1 unspecified atom stereocenters. The van der Waals surface area contributed by atoms with E-state index in [2.05, 4.69) is 9.97 Å². The summed E-state index contributed by atoms with van der Waals surface area (Å²) < 4.78 is 0. The van der Waals surface area contributed by atoms with Crippen LogP contribution < -0.4 is 0 Å². The summed E-state index contributed by atoms with van der Waals surface area (Å²) in [5.74, 6) is 0.00813. The molecule has 4 rings (SSSR count). The number of aromatic nitrogens is 2. The quantitative estimate of drug-likeness (QED) is 0.696. The average molecular weight is 349 g/mol. The Morgan fingerprint density at radius 3 is 2.72 bits per heavy atom. The molecule has 1 aliphatic rings. The molecule has 3 heterocycles. The smallest absolute Gasteiger partial charge is 0.273 e. The van der Waals surface area contributed by atoms with Gasteiger partial charge in [-0.3, -0.25) is 9.78 Å². The summed E-state index contributed by atoms with van der Waals surface area (Å²) in [6, 6.07) is 15.9. The Balaban J connectivity index is 1.60. The maximum atomic E-state index is 13.1. The molecular weight excluding hydrogens is 330 g/mol. The second kappa shape index (κ2) is 7.15. The number of benzene rings is 1. The number of amides is 1. The summed E-state index contributed by atoms with van der Waals surface area (Å²) in [4.78, 5) is 24.1. The number of carbonyl (C=O) groups is 1. The topological polar surface area (TPSA) is 46.1 Å². The molecule has 0 aliphatic carbocycles. The lowest BCUT2D eigenvalue weighted by Gasteiger charge is -2.35. The molecule has 1 fully saturated rings. The molecule has 0 N–H and O–H groups in total. The van der Waals surface area contributed by atoms with Gasteiger partial charge in [0.15, 0.2) is 0 Å². The third-order valence-corrected chi connectivity index (χ3v) is 5.43. The van der Waals surface area contributed by atoms with Crippen molar-refractivity contribution in [2.24, 2.45) is 0 Å². The van der Waals surface area contributed by atoms with Crippen LogP contribution in [0.5, 0.6) is 0 Å². The zero-order valence-corrected chi connectivity index (χ0v) is 14.7. The maximum absolute atomic E-state index is 13.1. The number of thiazole rings is 1. The monoisotopic (exact) mass is 349 g/mol. The Labute approximate surface area is 151 Å². The number of carbonyl (C=O) groups excluding carboxylic acids is 1. The molecule has 0 saturated carbocycles. The predicted octanol–water partition coefficient (Wildman–Crippen LogP) is 4.57. The summed E-state index contributed by atoms with van der Waals surface area (Å²) >= 11 is 1.52. The molecule has 1 aliphatic heterocycles. The van der Waals surface area contributed by atoms with Gasteiger partial charge < -0.3 is 4.90 Å². The van der Waals surface area contributed by atoms with Crippen LogP contribution in [0.15, 0.2) is 60.1 Å². The van der Waals surface area contributed by atoms with Gasteiger partial charge in [-0.1, -0.05) is 36.4 Å². The zero-order valence-electron chi connectivity index (χ0n) is 13.8. The first-order valence-corrected chi connectivity index (χ1v) is 9.44. The molecule has 0 spiro atoms. The molecule has 1 atom stereocenters. The number of rotatable bonds is 3. The van der Waals surface area contributed by atoms with Gasteiger partial charge in [0, 0.05) is 23.7 Å². The number of pyridine rings is 1. The zero-order chi connectivity index (χ0) is 17.1. The SMILES string of the molecule is O=C(c1csc(-c2ccccc2)n1)N1CCCCC1c1ccccn1. The van der Waals surface area contributed by atoms with Gasteiger partial charge in [0.1, 0.15) is 10.7 Å². The number of piperidine rings is 1. The molecule has 0 bridgehead atoms. The molecule has 126 valence electrons. The van der Waals surface area contributed by atoms with E-state index in [-0.39, 0.29) is 11.9 Å². The number of likely N-dealkylation sites (tertiary alicyclic amines) is 1. The first kappa shape index (κ1) is 16.0. The number of hydrogen-bond donors (Lipinski definition) is 0. The van der Waals surface area contributed by atoms with Crippen molar-refractivity contribution >= 4 is 17.2 Å². The van der Waals surface area contributed by atoms with Crippen molar-refractivity contribution in [1.82, 2.24) is 14.9 Å². The van der Waals surface area contributed by atoms with Crippen LogP contribution in [0.4, 0.5) is 0 Å². The van der Waals surface area contributed by atoms with E-state index < -0.39 is 0 Å². The van der Waals surface area contributed by atoms with Gasteiger partial charge in [-0.05, 0) is 31.4 Å². The van der Waals surface area contributed by atoms with Gasteiger partial charge in [0.2, 0.25) is 0 Å². The normalized spacial score (nSPS) is 17.4. The minimum atomic E-state index is 0.00813. The molecule has 1 amide bonds. The van der Waals surface area contributed by atoms with E-state index in [0.29, 0.717) is 5.69 Å². The van der Waals surface area contributed by atoms with Crippen molar-refractivity contribution in [3.63, 3.8) is 0 Å². The largest absolute Gasteiger partial charge is 0.329 e. The standard InChI is InChI=1S/C20H19N3OS/c24-20(17-14-25-19(22-17)15-8-2-1-3-9-15)23-13-7-5-11-18(23)16-10-4-6-12-21-16/h1-4,6,8-10,12,14,18H,5,7,11,13H2. The van der Waals surface area contributed by atoms with Crippen LogP contribution in [0.1, 0.15) is 41.5 Å². The Kier molecular flexibility index (Phi) is 4.57. The summed E-state index contributed by atoms with van der Waals surface area (Å²) in [5.41, 5.74) is 2.55. The summed E-state index contributed by atoms with van der Waals surface area (Å²) in [6.45, 7) is 0.762. The van der Waals surface area contributed by atoms with E-state index in [4.69, 9.17) is 0 Å². The molecule has 0 radical (unpaired) electrons. The first-order valence-electron chi connectivity index (χ1n) is 8.56. The average Bonchev–Trinajstić information content (AvgIpc) is 3.19. The third-order valence-electron chi connectivity index (χ3n) is 4.54. The second-order valence-electron chi connectivity index (χ2n) is 6.17. The van der Waals surface area contributed by atoms with Crippen molar-refractivity contribution in [2.45, 2.75) is 25.3 Å². The summed E-state index contributed by atoms with van der Waals surface area (Å²) in [6.07, 6.45) is 4.91. The fourth-order valence-electron chi connectivity index (χ4n) is 3.29. The Bertz CT molecular complexity index is 848. The fraction of sp³-hybridized carbons (Fsp3) is 0.250. The van der Waals surface area contributed by atoms with Crippen LogP contribution in [-0.4, -0.2) is 27.3 Å². The Morgan fingerprint density at radius 1 is 1.08 bits per heavy atom. The Morgan fingerprint density at radius 2 is 1.92 bits per heavy atom. The van der Waals surface area contributed by atoms with Crippen LogP contribution >= 0.6 is 11.3 Å². The fourth-order valence-corrected chi connectivity index (χ4v) is 4.09. The van der Waals surface area contributed by atoms with Crippen molar-refractivity contribution in [1.29, 1.82) is 0 Å². The summed E-state index contributed by atoms with van der Waals surface area (Å²) in [7, 11) is 0. The highest BCUT2D eigenvalue weighted by atomic mass is 32.1. The van der Waals surface area contributed by atoms with Crippen molar-refractivity contribution < 1.29 is 4.79 Å². The van der Waals surface area contributed by atoms with Crippen molar-refractivity contribution in [3.05, 3.63) is 71.5 Å². The predicted molar refractivity (Wildman–Crippen MR) is 99.4 cm³/mol. The third kappa shape index (κ3) is 3.33. The minimum absolute atomic E-state index is 0.00813. The van der Waals surface area contributed by atoms with Crippen molar-refractivity contribution in [3.8, 4) is 10.6 Å². The summed E-state index contributed by atoms with van der Waals surface area (Å²) in [5, 5.41) is 2.75. The van der Waals surface area contributed by atoms with E-state index in [1.807, 2.05) is 58.8 Å². The van der Waals surface area contributed by atoms with Gasteiger partial charge in [-0.25, -0.2) is 4.98 Å². The van der Waals surface area contributed by atoms with Gasteiger partial charge >= 0.3 is 0 Å². The van der Waals surface area contributed by atoms with E-state index >= 15 is 0 Å². The molecule has 4 nitrogen and oxygen atoms in total. The number of nitrogens with zero attached hydrogens (tertiary/aromatic N) is 3. The van der Waals surface area contributed by atoms with Gasteiger partial charge in [0.25, 0.3) is 5.91 Å². The lowest BCUT2D eigenvalue weighted by molar-refractivity contribution is 0.0601. The van der Waals surface area contributed by atoms with Gasteiger partial charge in [-0.2, -0.15) is 0 Å². The van der Waals surface area contributed by atoms with Gasteiger partial charge in [-0.15, -0.1) is 11.3 Å². The highest BCUT2D eigenvalue weighted by Gasteiger charge is 2.30. The van der Waals surface area contributed by atoms with E-state index in [9.17, 15) is 4.79 Å². The molecule has 25 heavy (non-hydrogen) atoms. The first-order chi connectivity index (χ1) is 12.3. The van der Waals surface area contributed by atoms with Crippen LogP contribution in [0.3, 0.4) is 0 Å².